The number of nitrogens with one attached hydrogen (secondary N) is 2. The first-order valence-electron chi connectivity index (χ1n) is 5.98. The van der Waals surface area contributed by atoms with Crippen molar-refractivity contribution in [1.82, 2.24) is 10.6 Å². The number of hydrogen-bond donors (Lipinski definition) is 2. The fourth-order valence-electron chi connectivity index (χ4n) is 1.94. The molecule has 0 aromatic carbocycles. The summed E-state index contributed by atoms with van der Waals surface area (Å²) in [6.45, 7) is 0.394. The maximum atomic E-state index is 13.5. The van der Waals surface area contributed by atoms with Crippen molar-refractivity contribution >= 4 is 5.91 Å². The first-order chi connectivity index (χ1) is 8.58. The summed E-state index contributed by atoms with van der Waals surface area (Å²) in [5, 5.41) is 5.23. The van der Waals surface area contributed by atoms with Crippen LogP contribution in [0.4, 0.5) is 8.78 Å². The van der Waals surface area contributed by atoms with Crippen molar-refractivity contribution in [2.24, 2.45) is 0 Å². The molecule has 2 rings (SSSR count). The molecule has 1 aliphatic heterocycles. The third kappa shape index (κ3) is 3.29. The van der Waals surface area contributed by atoms with Crippen LogP contribution in [-0.2, 0) is 11.2 Å². The quantitative estimate of drug-likeness (QED) is 0.856. The van der Waals surface area contributed by atoms with Crippen molar-refractivity contribution in [2.45, 2.75) is 31.2 Å². The Hall–Kier alpha value is -1.43. The van der Waals surface area contributed by atoms with Crippen molar-refractivity contribution in [3.05, 3.63) is 24.2 Å². The van der Waals surface area contributed by atoms with E-state index in [1.807, 2.05) is 0 Å². The smallest absolute Gasteiger partial charge is 0.270 e. The molecule has 0 radical (unpaired) electrons. The molecule has 0 bridgehead atoms. The van der Waals surface area contributed by atoms with Crippen molar-refractivity contribution in [3.63, 3.8) is 0 Å². The van der Waals surface area contributed by atoms with Crippen LogP contribution in [0, 0.1) is 0 Å². The van der Waals surface area contributed by atoms with Gasteiger partial charge in [-0.2, -0.15) is 0 Å². The molecule has 18 heavy (non-hydrogen) atoms. The van der Waals surface area contributed by atoms with Gasteiger partial charge in [0.2, 0.25) is 5.91 Å². The van der Waals surface area contributed by atoms with E-state index < -0.39 is 12.0 Å². The summed E-state index contributed by atoms with van der Waals surface area (Å²) in [6.07, 6.45) is 1.85. The Kier molecular flexibility index (Phi) is 3.96. The molecular formula is C12H16F2N2O2. The van der Waals surface area contributed by atoms with Crippen LogP contribution in [0.25, 0.3) is 0 Å². The monoisotopic (exact) mass is 258 g/mol. The zero-order chi connectivity index (χ0) is 13.0. The summed E-state index contributed by atoms with van der Waals surface area (Å²) in [6, 6.07) is 2.37. The van der Waals surface area contributed by atoms with Gasteiger partial charge in [0.1, 0.15) is 11.8 Å². The van der Waals surface area contributed by atoms with Gasteiger partial charge in [0.05, 0.1) is 6.26 Å². The third-order valence-corrected chi connectivity index (χ3v) is 3.01. The molecule has 2 N–H and O–H groups in total. The van der Waals surface area contributed by atoms with Crippen LogP contribution in [0.5, 0.6) is 0 Å². The minimum atomic E-state index is -2.83. The molecule has 2 heterocycles. The second kappa shape index (κ2) is 5.48. The summed E-state index contributed by atoms with van der Waals surface area (Å²) in [5.74, 6) is -2.52. The number of aryl methyl sites for hydroxylation is 1. The van der Waals surface area contributed by atoms with Gasteiger partial charge in [0.25, 0.3) is 5.92 Å². The number of carbonyl (C=O) groups is 1. The molecule has 1 aromatic heterocycles. The molecule has 0 unspecified atom stereocenters. The largest absolute Gasteiger partial charge is 0.469 e. The average Bonchev–Trinajstić information content (AvgIpc) is 2.82. The number of piperidine rings is 1. The van der Waals surface area contributed by atoms with Crippen LogP contribution < -0.4 is 10.6 Å². The molecule has 6 heteroatoms. The summed E-state index contributed by atoms with van der Waals surface area (Å²) in [4.78, 5) is 11.6. The van der Waals surface area contributed by atoms with E-state index >= 15 is 0 Å². The highest BCUT2D eigenvalue weighted by Crippen LogP contribution is 2.25. The lowest BCUT2D eigenvalue weighted by molar-refractivity contribution is -0.127. The van der Waals surface area contributed by atoms with Gasteiger partial charge in [-0.3, -0.25) is 4.79 Å². The number of alkyl halides is 2. The minimum Gasteiger partial charge on any atom is -0.469 e. The Balaban J connectivity index is 1.79. The lowest BCUT2D eigenvalue weighted by atomic mass is 10.0. The second-order valence-corrected chi connectivity index (χ2v) is 4.41. The number of hydrogen-bond acceptors (Lipinski definition) is 3. The molecule has 0 saturated carbocycles. The van der Waals surface area contributed by atoms with Crippen molar-refractivity contribution in [1.29, 1.82) is 0 Å². The number of carbonyl (C=O) groups excluding carboxylic acids is 1. The first-order valence-corrected chi connectivity index (χ1v) is 5.98. The average molecular weight is 258 g/mol. The van der Waals surface area contributed by atoms with Gasteiger partial charge >= 0.3 is 0 Å². The molecule has 4 nitrogen and oxygen atoms in total. The van der Waals surface area contributed by atoms with E-state index in [-0.39, 0.29) is 31.8 Å². The van der Waals surface area contributed by atoms with E-state index in [0.29, 0.717) is 12.2 Å². The van der Waals surface area contributed by atoms with Crippen LogP contribution in [-0.4, -0.2) is 31.0 Å². The van der Waals surface area contributed by atoms with Crippen molar-refractivity contribution in [3.8, 4) is 0 Å². The molecule has 0 aliphatic carbocycles. The van der Waals surface area contributed by atoms with E-state index in [2.05, 4.69) is 10.6 Å². The topological polar surface area (TPSA) is 54.3 Å². The zero-order valence-electron chi connectivity index (χ0n) is 9.92. The van der Waals surface area contributed by atoms with Crippen LogP contribution >= 0.6 is 0 Å². The fraction of sp³-hybridized carbons (Fsp3) is 0.583. The minimum absolute atomic E-state index is 0.111. The number of furan rings is 1. The molecule has 1 aromatic rings. The van der Waals surface area contributed by atoms with Gasteiger partial charge in [-0.05, 0) is 12.1 Å². The van der Waals surface area contributed by atoms with Crippen LogP contribution in [0.1, 0.15) is 18.6 Å². The van der Waals surface area contributed by atoms with E-state index in [0.717, 1.165) is 0 Å². The van der Waals surface area contributed by atoms with Crippen LogP contribution in [0.15, 0.2) is 22.8 Å². The maximum absolute atomic E-state index is 13.5. The van der Waals surface area contributed by atoms with Crippen LogP contribution in [0.2, 0.25) is 0 Å². The Morgan fingerprint density at radius 2 is 2.44 bits per heavy atom. The Morgan fingerprint density at radius 3 is 3.11 bits per heavy atom. The molecular weight excluding hydrogens is 242 g/mol. The zero-order valence-corrected chi connectivity index (χ0v) is 9.92. The Labute approximate surface area is 104 Å². The van der Waals surface area contributed by atoms with Gasteiger partial charge in [0, 0.05) is 32.4 Å². The van der Waals surface area contributed by atoms with E-state index in [9.17, 15) is 13.6 Å². The molecule has 100 valence electrons. The van der Waals surface area contributed by atoms with Gasteiger partial charge < -0.3 is 15.1 Å². The molecule has 1 atom stereocenters. The number of rotatable bonds is 4. The van der Waals surface area contributed by atoms with Gasteiger partial charge in [0.15, 0.2) is 0 Å². The summed E-state index contributed by atoms with van der Waals surface area (Å²) in [5.41, 5.74) is 0. The summed E-state index contributed by atoms with van der Waals surface area (Å²) < 4.78 is 32.0. The molecule has 1 saturated heterocycles. The van der Waals surface area contributed by atoms with Gasteiger partial charge in [-0.1, -0.05) is 0 Å². The number of amides is 1. The van der Waals surface area contributed by atoms with E-state index in [4.69, 9.17) is 4.42 Å². The van der Waals surface area contributed by atoms with Gasteiger partial charge in [-0.25, -0.2) is 8.78 Å². The maximum Gasteiger partial charge on any atom is 0.270 e. The Morgan fingerprint density at radius 1 is 1.61 bits per heavy atom. The standard InChI is InChI=1S/C12H16F2N2O2/c13-12(14)5-6-15-8-10(12)16-11(17)4-3-9-2-1-7-18-9/h1-2,7,10,15H,3-6,8H2,(H,16,17)/t10-/m1/s1. The van der Waals surface area contributed by atoms with Crippen LogP contribution in [0.3, 0.4) is 0 Å². The molecule has 1 amide bonds. The normalized spacial score (nSPS) is 22.7. The highest BCUT2D eigenvalue weighted by Gasteiger charge is 2.42. The van der Waals surface area contributed by atoms with E-state index in [1.165, 1.54) is 6.26 Å². The van der Waals surface area contributed by atoms with Crippen molar-refractivity contribution in [2.75, 3.05) is 13.1 Å². The summed E-state index contributed by atoms with van der Waals surface area (Å²) >= 11 is 0. The molecule has 1 aliphatic rings. The summed E-state index contributed by atoms with van der Waals surface area (Å²) in [7, 11) is 0. The molecule has 0 spiro atoms. The van der Waals surface area contributed by atoms with Gasteiger partial charge in [-0.15, -0.1) is 0 Å². The Bertz CT molecular complexity index is 393. The predicted octanol–water partition coefficient (Wildman–Crippen LogP) is 1.33. The highest BCUT2D eigenvalue weighted by molar-refractivity contribution is 5.76. The lowest BCUT2D eigenvalue weighted by Crippen LogP contribution is -2.57. The van der Waals surface area contributed by atoms with Crippen molar-refractivity contribution < 1.29 is 18.0 Å². The first kappa shape index (κ1) is 13.0. The molecule has 1 fully saturated rings. The third-order valence-electron chi connectivity index (χ3n) is 3.01. The second-order valence-electron chi connectivity index (χ2n) is 4.41. The fourth-order valence-corrected chi connectivity index (χ4v) is 1.94. The predicted molar refractivity (Wildman–Crippen MR) is 61.4 cm³/mol. The van der Waals surface area contributed by atoms with E-state index in [1.54, 1.807) is 12.1 Å². The number of halogens is 2. The SMILES string of the molecule is O=C(CCc1ccco1)N[C@@H]1CNCCC1(F)F. The highest BCUT2D eigenvalue weighted by atomic mass is 19.3. The lowest BCUT2D eigenvalue weighted by Gasteiger charge is -2.32.